The van der Waals surface area contributed by atoms with Gasteiger partial charge in [-0.25, -0.2) is 0 Å². The van der Waals surface area contributed by atoms with Gasteiger partial charge < -0.3 is 9.80 Å². The molecule has 0 amide bonds. The molecule has 6 nitrogen and oxygen atoms in total. The molecule has 0 aromatic heterocycles. The third kappa shape index (κ3) is 12.4. The quantitative estimate of drug-likeness (QED) is 0.329. The second kappa shape index (κ2) is 17.3. The largest absolute Gasteiger partial charge is 0.301 e. The molecule has 0 spiro atoms. The zero-order chi connectivity index (χ0) is 19.5. The summed E-state index contributed by atoms with van der Waals surface area (Å²) in [4.78, 5) is 33.1. The summed E-state index contributed by atoms with van der Waals surface area (Å²) in [6, 6.07) is 0. The van der Waals surface area contributed by atoms with E-state index in [0.29, 0.717) is 37.5 Å². The molecule has 2 aliphatic rings. The lowest BCUT2D eigenvalue weighted by molar-refractivity contribution is -0.121. The van der Waals surface area contributed by atoms with Crippen LogP contribution in [0.2, 0.25) is 0 Å². The Labute approximate surface area is 205 Å². The van der Waals surface area contributed by atoms with Crippen LogP contribution in [0.4, 0.5) is 0 Å². The third-order valence-electron chi connectivity index (χ3n) is 5.43. The Morgan fingerprint density at radius 2 is 0.897 bits per heavy atom. The molecule has 2 rings (SSSR count). The molecule has 2 heterocycles. The first-order chi connectivity index (χ1) is 13.1. The Balaban J connectivity index is 0.00000392. The fraction of sp³-hybridized carbons (Fsp3) is 0.895. The SMILES string of the molecule is Cl.Cl.O=C(CCBr)CN1CCN(CCCN2CCN(CC(=O)CCBr)CC2)CC1. The minimum Gasteiger partial charge on any atom is -0.301 e. The van der Waals surface area contributed by atoms with Gasteiger partial charge in [0.05, 0.1) is 13.1 Å². The van der Waals surface area contributed by atoms with Crippen LogP contribution in [0.15, 0.2) is 0 Å². The normalized spacial score (nSPS) is 19.4. The number of rotatable bonds is 12. The first kappa shape index (κ1) is 29.7. The molecule has 2 fully saturated rings. The molecule has 29 heavy (non-hydrogen) atoms. The van der Waals surface area contributed by atoms with Crippen LogP contribution in [0, 0.1) is 0 Å². The summed E-state index contributed by atoms with van der Waals surface area (Å²) >= 11 is 6.67. The van der Waals surface area contributed by atoms with Crippen LogP contribution in [0.1, 0.15) is 19.3 Å². The summed E-state index contributed by atoms with van der Waals surface area (Å²) in [5, 5.41) is 1.54. The summed E-state index contributed by atoms with van der Waals surface area (Å²) in [6.45, 7) is 11.9. The molecule has 10 heteroatoms. The van der Waals surface area contributed by atoms with E-state index >= 15 is 0 Å². The molecule has 0 N–H and O–H groups in total. The lowest BCUT2D eigenvalue weighted by atomic mass is 10.2. The number of nitrogens with zero attached hydrogens (tertiary/aromatic N) is 4. The number of hydrogen-bond acceptors (Lipinski definition) is 6. The second-order valence-corrected chi connectivity index (χ2v) is 9.13. The number of ketones is 2. The number of alkyl halides is 2. The summed E-state index contributed by atoms with van der Waals surface area (Å²) in [5.41, 5.74) is 0. The highest BCUT2D eigenvalue weighted by Crippen LogP contribution is 2.07. The maximum atomic E-state index is 11.7. The van der Waals surface area contributed by atoms with Gasteiger partial charge in [-0.1, -0.05) is 31.9 Å². The van der Waals surface area contributed by atoms with Gasteiger partial charge in [-0.2, -0.15) is 0 Å². The monoisotopic (exact) mass is 580 g/mol. The fourth-order valence-corrected chi connectivity index (χ4v) is 4.61. The van der Waals surface area contributed by atoms with E-state index in [9.17, 15) is 9.59 Å². The van der Waals surface area contributed by atoms with Crippen molar-refractivity contribution >= 4 is 68.2 Å². The van der Waals surface area contributed by atoms with E-state index in [1.165, 1.54) is 6.42 Å². The molecule has 2 aliphatic heterocycles. The number of Topliss-reactive ketones (excluding diaryl/α,β-unsaturated/α-hetero) is 2. The van der Waals surface area contributed by atoms with E-state index in [0.717, 1.165) is 76.1 Å². The predicted octanol–water partition coefficient (Wildman–Crippen LogP) is 2.16. The number of piperazine rings is 2. The van der Waals surface area contributed by atoms with Gasteiger partial charge in [0.2, 0.25) is 0 Å². The third-order valence-corrected chi connectivity index (χ3v) is 6.22. The highest BCUT2D eigenvalue weighted by molar-refractivity contribution is 9.09. The Kier molecular flexibility index (Phi) is 17.7. The van der Waals surface area contributed by atoms with Crippen molar-refractivity contribution in [3.8, 4) is 0 Å². The number of carbonyl (C=O) groups excluding carboxylic acids is 2. The predicted molar refractivity (Wildman–Crippen MR) is 132 cm³/mol. The van der Waals surface area contributed by atoms with Gasteiger partial charge in [-0.15, -0.1) is 24.8 Å². The van der Waals surface area contributed by atoms with E-state index in [2.05, 4.69) is 51.5 Å². The summed E-state index contributed by atoms with van der Waals surface area (Å²) in [5.74, 6) is 0.682. The lowest BCUT2D eigenvalue weighted by Gasteiger charge is -2.36. The molecule has 0 aromatic carbocycles. The topological polar surface area (TPSA) is 47.1 Å². The maximum absolute atomic E-state index is 11.7. The van der Waals surface area contributed by atoms with Gasteiger partial charge >= 0.3 is 0 Å². The highest BCUT2D eigenvalue weighted by Gasteiger charge is 2.20. The Bertz CT molecular complexity index is 421. The molecule has 0 bridgehead atoms. The van der Waals surface area contributed by atoms with Crippen LogP contribution >= 0.6 is 56.7 Å². The van der Waals surface area contributed by atoms with Crippen LogP contribution in [-0.2, 0) is 9.59 Å². The zero-order valence-electron chi connectivity index (χ0n) is 17.2. The Morgan fingerprint density at radius 3 is 1.21 bits per heavy atom. The molecule has 0 atom stereocenters. The van der Waals surface area contributed by atoms with Crippen molar-refractivity contribution < 1.29 is 9.59 Å². The molecule has 0 aromatic rings. The summed E-state index contributed by atoms with van der Waals surface area (Å²) in [7, 11) is 0. The highest BCUT2D eigenvalue weighted by atomic mass is 79.9. The maximum Gasteiger partial charge on any atom is 0.147 e. The first-order valence-electron chi connectivity index (χ1n) is 10.2. The van der Waals surface area contributed by atoms with E-state index < -0.39 is 0 Å². The van der Waals surface area contributed by atoms with Crippen molar-refractivity contribution in [3.05, 3.63) is 0 Å². The molecule has 0 aliphatic carbocycles. The van der Waals surface area contributed by atoms with Crippen molar-refractivity contribution in [1.29, 1.82) is 0 Å². The van der Waals surface area contributed by atoms with Gasteiger partial charge in [0.15, 0.2) is 0 Å². The molecular weight excluding hydrogens is 547 g/mol. The second-order valence-electron chi connectivity index (χ2n) is 7.54. The fourth-order valence-electron chi connectivity index (χ4n) is 3.73. The minimum absolute atomic E-state index is 0. The van der Waals surface area contributed by atoms with Crippen LogP contribution in [0.5, 0.6) is 0 Å². The Hall–Kier alpha value is 0.720. The number of halogens is 4. The lowest BCUT2D eigenvalue weighted by Crippen LogP contribution is -2.50. The number of hydrogen-bond donors (Lipinski definition) is 0. The molecule has 0 saturated carbocycles. The van der Waals surface area contributed by atoms with Gasteiger partial charge in [-0.3, -0.25) is 19.4 Å². The number of carbonyl (C=O) groups is 2. The van der Waals surface area contributed by atoms with Crippen LogP contribution in [-0.4, -0.2) is 120 Å². The molecule has 172 valence electrons. The van der Waals surface area contributed by atoms with E-state index in [4.69, 9.17) is 0 Å². The smallest absolute Gasteiger partial charge is 0.147 e. The van der Waals surface area contributed by atoms with E-state index in [1.54, 1.807) is 0 Å². The molecular formula is C19H36Br2Cl2N4O2. The molecule has 2 saturated heterocycles. The van der Waals surface area contributed by atoms with Gasteiger partial charge in [0, 0.05) is 75.9 Å². The van der Waals surface area contributed by atoms with Crippen molar-refractivity contribution in [2.45, 2.75) is 19.3 Å². The van der Waals surface area contributed by atoms with Gasteiger partial charge in [0.1, 0.15) is 11.6 Å². The van der Waals surface area contributed by atoms with E-state index in [1.807, 2.05) is 0 Å². The minimum atomic E-state index is 0. The van der Waals surface area contributed by atoms with Crippen LogP contribution in [0.25, 0.3) is 0 Å². The standard InChI is InChI=1S/C19H34Br2N4O2.2ClH/c20-4-2-18(26)16-24-12-8-22(9-13-24)6-1-7-23-10-14-25(15-11-23)17-19(27)3-5-21;;/h1-17H2;2*1H. The van der Waals surface area contributed by atoms with Crippen LogP contribution in [0.3, 0.4) is 0 Å². The average molecular weight is 583 g/mol. The van der Waals surface area contributed by atoms with Gasteiger partial charge in [0.25, 0.3) is 0 Å². The summed E-state index contributed by atoms with van der Waals surface area (Å²) < 4.78 is 0. The molecule has 0 radical (unpaired) electrons. The van der Waals surface area contributed by atoms with E-state index in [-0.39, 0.29) is 24.8 Å². The van der Waals surface area contributed by atoms with Crippen molar-refractivity contribution in [2.24, 2.45) is 0 Å². The van der Waals surface area contributed by atoms with Gasteiger partial charge in [-0.05, 0) is 19.5 Å². The van der Waals surface area contributed by atoms with Crippen molar-refractivity contribution in [3.63, 3.8) is 0 Å². The summed E-state index contributed by atoms with van der Waals surface area (Å²) in [6.07, 6.45) is 2.47. The van der Waals surface area contributed by atoms with Crippen LogP contribution < -0.4 is 0 Å². The Morgan fingerprint density at radius 1 is 0.586 bits per heavy atom. The molecule has 0 unspecified atom stereocenters. The first-order valence-corrected chi connectivity index (χ1v) is 12.4. The average Bonchev–Trinajstić information content (AvgIpc) is 2.65. The zero-order valence-corrected chi connectivity index (χ0v) is 22.0. The van der Waals surface area contributed by atoms with Crippen molar-refractivity contribution in [2.75, 3.05) is 89.2 Å². The van der Waals surface area contributed by atoms with Crippen molar-refractivity contribution in [1.82, 2.24) is 19.6 Å².